The molecule has 5 nitrogen and oxygen atoms in total. The van der Waals surface area contributed by atoms with Crippen LogP contribution in [0.5, 0.6) is 17.2 Å². The summed E-state index contributed by atoms with van der Waals surface area (Å²) in [5.41, 5.74) is 6.50. The van der Waals surface area contributed by atoms with Crippen LogP contribution < -0.4 is 19.9 Å². The van der Waals surface area contributed by atoms with Gasteiger partial charge >= 0.3 is 0 Å². The fraction of sp³-hybridized carbons (Fsp3) is 0.235. The zero-order valence-corrected chi connectivity index (χ0v) is 13.1. The number of hydrogen-bond donors (Lipinski definition) is 1. The molecule has 0 saturated carbocycles. The molecule has 0 atom stereocenters. The first-order chi connectivity index (χ1) is 11.1. The lowest BCUT2D eigenvalue weighted by molar-refractivity contribution is 0.0996. The summed E-state index contributed by atoms with van der Waals surface area (Å²) in [6.45, 7) is 1.40. The van der Waals surface area contributed by atoms with Crippen molar-refractivity contribution in [1.82, 2.24) is 0 Å². The van der Waals surface area contributed by atoms with Gasteiger partial charge in [-0.05, 0) is 29.8 Å². The number of amides is 1. The first-order valence-corrected chi connectivity index (χ1v) is 7.62. The Morgan fingerprint density at radius 1 is 1.22 bits per heavy atom. The van der Waals surface area contributed by atoms with Gasteiger partial charge in [0.25, 0.3) is 5.91 Å². The molecule has 1 aliphatic heterocycles. The maximum absolute atomic E-state index is 11.4. The van der Waals surface area contributed by atoms with Gasteiger partial charge in [0.05, 0.1) is 23.8 Å². The average molecular weight is 334 g/mol. The quantitative estimate of drug-likeness (QED) is 0.932. The summed E-state index contributed by atoms with van der Waals surface area (Å²) in [6, 6.07) is 10.4. The van der Waals surface area contributed by atoms with Gasteiger partial charge in [-0.2, -0.15) is 0 Å². The number of halogens is 1. The second-order valence-corrected chi connectivity index (χ2v) is 5.51. The molecule has 2 N–H and O–H groups in total. The zero-order chi connectivity index (χ0) is 16.2. The van der Waals surface area contributed by atoms with E-state index in [1.807, 2.05) is 6.07 Å². The van der Waals surface area contributed by atoms with Crippen LogP contribution in [0.15, 0.2) is 36.4 Å². The molecule has 0 saturated heterocycles. The Balaban J connectivity index is 1.80. The third-order valence-electron chi connectivity index (χ3n) is 3.41. The fourth-order valence-electron chi connectivity index (χ4n) is 2.32. The molecule has 0 radical (unpaired) electrons. The second-order valence-electron chi connectivity index (χ2n) is 5.10. The van der Waals surface area contributed by atoms with Gasteiger partial charge < -0.3 is 19.9 Å². The van der Waals surface area contributed by atoms with Crippen molar-refractivity contribution >= 4 is 17.5 Å². The SMILES string of the molecule is NC(=O)c1ccccc1OCc1cc(Cl)c2c(c1)OCCCO2. The standard InChI is InChI=1S/C17H16ClNO4/c18-13-8-11(9-15-16(13)22-7-3-6-21-15)10-23-14-5-2-1-4-12(14)17(19)20/h1-2,4-5,8-9H,3,6-7,10H2,(H2,19,20). The minimum absolute atomic E-state index is 0.237. The van der Waals surface area contributed by atoms with Crippen molar-refractivity contribution in [2.75, 3.05) is 13.2 Å². The Hall–Kier alpha value is -2.40. The van der Waals surface area contributed by atoms with Crippen LogP contribution in [0.25, 0.3) is 0 Å². The number of fused-ring (bicyclic) bond motifs is 1. The molecule has 1 aliphatic rings. The van der Waals surface area contributed by atoms with Crippen LogP contribution in [0.3, 0.4) is 0 Å². The average Bonchev–Trinajstić information content (AvgIpc) is 2.79. The second kappa shape index (κ2) is 6.79. The highest BCUT2D eigenvalue weighted by atomic mass is 35.5. The molecule has 0 unspecified atom stereocenters. The van der Waals surface area contributed by atoms with Crippen molar-refractivity contribution in [2.45, 2.75) is 13.0 Å². The molecule has 3 rings (SSSR count). The van der Waals surface area contributed by atoms with E-state index in [2.05, 4.69) is 0 Å². The van der Waals surface area contributed by atoms with Crippen LogP contribution in [0.1, 0.15) is 22.3 Å². The Bertz CT molecular complexity index is 733. The van der Waals surface area contributed by atoms with Gasteiger partial charge in [0, 0.05) is 6.42 Å². The van der Waals surface area contributed by atoms with E-state index < -0.39 is 5.91 Å². The number of hydrogen-bond acceptors (Lipinski definition) is 4. The number of benzene rings is 2. The minimum Gasteiger partial charge on any atom is -0.489 e. The van der Waals surface area contributed by atoms with Crippen molar-refractivity contribution in [3.05, 3.63) is 52.5 Å². The Labute approximate surface area is 138 Å². The number of nitrogens with two attached hydrogens (primary N) is 1. The lowest BCUT2D eigenvalue weighted by Crippen LogP contribution is -2.12. The van der Waals surface area contributed by atoms with E-state index in [0.717, 1.165) is 12.0 Å². The molecule has 2 aromatic carbocycles. The van der Waals surface area contributed by atoms with E-state index in [1.165, 1.54) is 0 Å². The Morgan fingerprint density at radius 2 is 2.00 bits per heavy atom. The van der Waals surface area contributed by atoms with Gasteiger partial charge in [0.2, 0.25) is 0 Å². The van der Waals surface area contributed by atoms with Crippen LogP contribution in [0.4, 0.5) is 0 Å². The number of rotatable bonds is 4. The van der Waals surface area contributed by atoms with E-state index in [1.54, 1.807) is 30.3 Å². The summed E-state index contributed by atoms with van der Waals surface area (Å²) in [5, 5.41) is 0.478. The van der Waals surface area contributed by atoms with Crippen LogP contribution in [0, 0.1) is 0 Å². The number of para-hydroxylation sites is 1. The van der Waals surface area contributed by atoms with E-state index in [-0.39, 0.29) is 6.61 Å². The van der Waals surface area contributed by atoms with Gasteiger partial charge in [-0.1, -0.05) is 23.7 Å². The predicted molar refractivity (Wildman–Crippen MR) is 86.4 cm³/mol. The summed E-state index contributed by atoms with van der Waals surface area (Å²) in [5.74, 6) is 1.07. The lowest BCUT2D eigenvalue weighted by Gasteiger charge is -2.13. The normalized spacial score (nSPS) is 13.3. The molecule has 0 fully saturated rings. The molecule has 0 aliphatic carbocycles. The maximum Gasteiger partial charge on any atom is 0.252 e. The van der Waals surface area contributed by atoms with E-state index in [0.29, 0.717) is 41.0 Å². The zero-order valence-electron chi connectivity index (χ0n) is 12.4. The summed E-state index contributed by atoms with van der Waals surface area (Å²) in [4.78, 5) is 11.4. The monoisotopic (exact) mass is 333 g/mol. The van der Waals surface area contributed by atoms with E-state index in [9.17, 15) is 4.79 Å². The molecule has 0 bridgehead atoms. The Morgan fingerprint density at radius 3 is 2.83 bits per heavy atom. The molecule has 0 spiro atoms. The van der Waals surface area contributed by atoms with Gasteiger partial charge in [-0.15, -0.1) is 0 Å². The van der Waals surface area contributed by atoms with Gasteiger partial charge in [0.15, 0.2) is 11.5 Å². The highest BCUT2D eigenvalue weighted by molar-refractivity contribution is 6.32. The third-order valence-corrected chi connectivity index (χ3v) is 3.69. The number of ether oxygens (including phenoxy) is 3. The van der Waals surface area contributed by atoms with Gasteiger partial charge in [-0.25, -0.2) is 0 Å². The first kappa shape index (κ1) is 15.5. The molecule has 1 amide bonds. The van der Waals surface area contributed by atoms with Gasteiger partial charge in [-0.3, -0.25) is 4.79 Å². The predicted octanol–water partition coefficient (Wildman–Crippen LogP) is 3.18. The lowest BCUT2D eigenvalue weighted by atomic mass is 10.2. The van der Waals surface area contributed by atoms with Crippen LogP contribution in [0.2, 0.25) is 5.02 Å². The topological polar surface area (TPSA) is 70.8 Å². The van der Waals surface area contributed by atoms with E-state index >= 15 is 0 Å². The smallest absolute Gasteiger partial charge is 0.252 e. The number of primary amides is 1. The molecule has 2 aromatic rings. The van der Waals surface area contributed by atoms with Crippen molar-refractivity contribution in [2.24, 2.45) is 5.73 Å². The number of carbonyl (C=O) groups is 1. The Kier molecular flexibility index (Phi) is 4.57. The van der Waals surface area contributed by atoms with Gasteiger partial charge in [0.1, 0.15) is 12.4 Å². The first-order valence-electron chi connectivity index (χ1n) is 7.25. The summed E-state index contributed by atoms with van der Waals surface area (Å²) >= 11 is 6.25. The highest BCUT2D eigenvalue weighted by Gasteiger charge is 2.16. The largest absolute Gasteiger partial charge is 0.489 e. The minimum atomic E-state index is -0.530. The molecule has 0 aromatic heterocycles. The summed E-state index contributed by atoms with van der Waals surface area (Å²) < 4.78 is 16.9. The molecule has 6 heteroatoms. The van der Waals surface area contributed by atoms with Crippen LogP contribution in [-0.2, 0) is 6.61 Å². The molecule has 120 valence electrons. The third kappa shape index (κ3) is 3.51. The molecule has 1 heterocycles. The molecule has 23 heavy (non-hydrogen) atoms. The van der Waals surface area contributed by atoms with Crippen molar-refractivity contribution in [3.63, 3.8) is 0 Å². The molecular formula is C17H16ClNO4. The van der Waals surface area contributed by atoms with Crippen molar-refractivity contribution < 1.29 is 19.0 Å². The highest BCUT2D eigenvalue weighted by Crippen LogP contribution is 2.38. The van der Waals surface area contributed by atoms with Crippen molar-refractivity contribution in [3.8, 4) is 17.2 Å². The fourth-order valence-corrected chi connectivity index (χ4v) is 2.61. The van der Waals surface area contributed by atoms with Crippen LogP contribution >= 0.6 is 11.6 Å². The van der Waals surface area contributed by atoms with Crippen molar-refractivity contribution in [1.29, 1.82) is 0 Å². The maximum atomic E-state index is 11.4. The summed E-state index contributed by atoms with van der Waals surface area (Å²) in [7, 11) is 0. The van der Waals surface area contributed by atoms with Crippen LogP contribution in [-0.4, -0.2) is 19.1 Å². The van der Waals surface area contributed by atoms with E-state index in [4.69, 9.17) is 31.5 Å². The number of carbonyl (C=O) groups excluding carboxylic acids is 1. The summed E-state index contributed by atoms with van der Waals surface area (Å²) in [6.07, 6.45) is 0.808. The molecular weight excluding hydrogens is 318 g/mol.